The first-order valence-corrected chi connectivity index (χ1v) is 9.94. The summed E-state index contributed by atoms with van der Waals surface area (Å²) in [6, 6.07) is 0.167. The largest absolute Gasteiger partial charge is 0.464 e. The third-order valence-corrected chi connectivity index (χ3v) is 6.13. The third kappa shape index (κ3) is 3.80. The Kier molecular flexibility index (Phi) is 5.72. The van der Waals surface area contributed by atoms with Gasteiger partial charge in [0.1, 0.15) is 5.69 Å². The number of rotatable bonds is 6. The number of hydrogen-bond donors (Lipinski definition) is 0. The standard InChI is InChI=1S/C21H30N2O4/c1-13-18(14(2)22(3)19(13)21(26)27-4)17(24)12-23(20(25)15-10-11-15)16-8-6-5-7-9-16/h15-16H,5-12H2,1-4H3. The van der Waals surface area contributed by atoms with Crippen molar-refractivity contribution in [1.29, 1.82) is 0 Å². The van der Waals surface area contributed by atoms with Crippen LogP contribution in [0.3, 0.4) is 0 Å². The molecule has 1 aromatic rings. The van der Waals surface area contributed by atoms with E-state index in [1.54, 1.807) is 18.5 Å². The predicted octanol–water partition coefficient (Wildman–Crippen LogP) is 3.18. The lowest BCUT2D eigenvalue weighted by molar-refractivity contribution is -0.135. The van der Waals surface area contributed by atoms with Crippen LogP contribution >= 0.6 is 0 Å². The summed E-state index contributed by atoms with van der Waals surface area (Å²) in [5.74, 6) is -0.302. The van der Waals surface area contributed by atoms with Gasteiger partial charge in [-0.3, -0.25) is 9.59 Å². The number of hydrogen-bond acceptors (Lipinski definition) is 4. The number of carbonyl (C=O) groups excluding carboxylic acids is 3. The van der Waals surface area contributed by atoms with E-state index < -0.39 is 5.97 Å². The van der Waals surface area contributed by atoms with E-state index in [1.165, 1.54) is 13.5 Å². The highest BCUT2D eigenvalue weighted by Crippen LogP contribution is 2.34. The molecule has 148 valence electrons. The molecule has 1 amide bonds. The van der Waals surface area contributed by atoms with Crippen molar-refractivity contribution in [3.8, 4) is 0 Å². The average molecular weight is 374 g/mol. The van der Waals surface area contributed by atoms with Gasteiger partial charge in [0.2, 0.25) is 5.91 Å². The van der Waals surface area contributed by atoms with Crippen LogP contribution in [0.15, 0.2) is 0 Å². The summed E-state index contributed by atoms with van der Waals surface area (Å²) in [6.45, 7) is 3.72. The van der Waals surface area contributed by atoms with Crippen LogP contribution in [0.2, 0.25) is 0 Å². The number of methoxy groups -OCH3 is 1. The van der Waals surface area contributed by atoms with Crippen molar-refractivity contribution in [3.05, 3.63) is 22.5 Å². The number of carbonyl (C=O) groups is 3. The molecule has 1 aromatic heterocycles. The predicted molar refractivity (Wildman–Crippen MR) is 102 cm³/mol. The lowest BCUT2D eigenvalue weighted by Crippen LogP contribution is -2.45. The van der Waals surface area contributed by atoms with Gasteiger partial charge in [-0.15, -0.1) is 0 Å². The number of nitrogens with zero attached hydrogens (tertiary/aromatic N) is 2. The molecule has 0 saturated heterocycles. The molecule has 0 N–H and O–H groups in total. The molecule has 2 fully saturated rings. The quantitative estimate of drug-likeness (QED) is 0.566. The first-order valence-electron chi connectivity index (χ1n) is 9.94. The van der Waals surface area contributed by atoms with E-state index in [4.69, 9.17) is 4.74 Å². The van der Waals surface area contributed by atoms with Crippen molar-refractivity contribution in [3.63, 3.8) is 0 Å². The normalized spacial score (nSPS) is 17.6. The topological polar surface area (TPSA) is 68.6 Å². The second kappa shape index (κ2) is 7.87. The van der Waals surface area contributed by atoms with E-state index in [0.29, 0.717) is 16.8 Å². The SMILES string of the molecule is COC(=O)c1c(C)c(C(=O)CN(C(=O)C2CC2)C2CCCCC2)c(C)n1C. The van der Waals surface area contributed by atoms with Gasteiger partial charge in [-0.05, 0) is 45.1 Å². The molecule has 0 unspecified atom stereocenters. The van der Waals surface area contributed by atoms with Gasteiger partial charge in [0.15, 0.2) is 5.78 Å². The lowest BCUT2D eigenvalue weighted by atomic mass is 9.93. The van der Waals surface area contributed by atoms with Crippen molar-refractivity contribution in [2.75, 3.05) is 13.7 Å². The zero-order valence-electron chi connectivity index (χ0n) is 16.8. The van der Waals surface area contributed by atoms with Crippen LogP contribution in [0.1, 0.15) is 77.0 Å². The maximum atomic E-state index is 13.2. The van der Waals surface area contributed by atoms with Gasteiger partial charge in [0.25, 0.3) is 0 Å². The zero-order chi connectivity index (χ0) is 19.7. The van der Waals surface area contributed by atoms with Crippen molar-refractivity contribution >= 4 is 17.7 Å². The Labute approximate surface area is 160 Å². The van der Waals surface area contributed by atoms with E-state index in [-0.39, 0.29) is 30.2 Å². The second-order valence-corrected chi connectivity index (χ2v) is 7.94. The van der Waals surface area contributed by atoms with Gasteiger partial charge in [-0.25, -0.2) is 4.79 Å². The number of amides is 1. The minimum absolute atomic E-state index is 0.0877. The van der Waals surface area contributed by atoms with Crippen LogP contribution in [0.5, 0.6) is 0 Å². The molecule has 1 heterocycles. The molecule has 27 heavy (non-hydrogen) atoms. The van der Waals surface area contributed by atoms with Crippen molar-refractivity contribution < 1.29 is 19.1 Å². The highest BCUT2D eigenvalue weighted by molar-refractivity contribution is 6.04. The fourth-order valence-corrected chi connectivity index (χ4v) is 4.35. The Hall–Kier alpha value is -2.11. The summed E-state index contributed by atoms with van der Waals surface area (Å²) in [7, 11) is 3.10. The monoisotopic (exact) mass is 374 g/mol. The number of Topliss-reactive ketones (excluding diaryl/α,β-unsaturated/α-hetero) is 1. The van der Waals surface area contributed by atoms with Crippen molar-refractivity contribution in [1.82, 2.24) is 9.47 Å². The van der Waals surface area contributed by atoms with Crippen molar-refractivity contribution in [2.24, 2.45) is 13.0 Å². The summed E-state index contributed by atoms with van der Waals surface area (Å²) >= 11 is 0. The van der Waals surface area contributed by atoms with Gasteiger partial charge in [0, 0.05) is 30.3 Å². The van der Waals surface area contributed by atoms with E-state index in [0.717, 1.165) is 44.2 Å². The highest BCUT2D eigenvalue weighted by Gasteiger charge is 2.38. The Morgan fingerprint density at radius 3 is 2.26 bits per heavy atom. The molecule has 6 nitrogen and oxygen atoms in total. The molecule has 0 spiro atoms. The number of aromatic nitrogens is 1. The molecule has 0 atom stereocenters. The second-order valence-electron chi connectivity index (χ2n) is 7.94. The molecule has 2 saturated carbocycles. The van der Waals surface area contributed by atoms with Crippen LogP contribution in [0, 0.1) is 19.8 Å². The molecule has 3 rings (SSSR count). The van der Waals surface area contributed by atoms with Gasteiger partial charge < -0.3 is 14.2 Å². The van der Waals surface area contributed by atoms with E-state index in [1.807, 2.05) is 11.8 Å². The first kappa shape index (κ1) is 19.6. The van der Waals surface area contributed by atoms with Gasteiger partial charge in [-0.2, -0.15) is 0 Å². The summed E-state index contributed by atoms with van der Waals surface area (Å²) in [5, 5.41) is 0. The van der Waals surface area contributed by atoms with Crippen LogP contribution in [0.25, 0.3) is 0 Å². The zero-order valence-corrected chi connectivity index (χ0v) is 16.8. The fraction of sp³-hybridized carbons (Fsp3) is 0.667. The Balaban J connectivity index is 1.87. The van der Waals surface area contributed by atoms with E-state index in [9.17, 15) is 14.4 Å². The summed E-state index contributed by atoms with van der Waals surface area (Å²) in [6.07, 6.45) is 7.26. The van der Waals surface area contributed by atoms with Crippen LogP contribution in [-0.2, 0) is 16.6 Å². The summed E-state index contributed by atoms with van der Waals surface area (Å²) in [5.41, 5.74) is 2.31. The molecular formula is C21H30N2O4. The lowest BCUT2D eigenvalue weighted by Gasteiger charge is -2.34. The fourth-order valence-electron chi connectivity index (χ4n) is 4.35. The highest BCUT2D eigenvalue weighted by atomic mass is 16.5. The van der Waals surface area contributed by atoms with Crippen LogP contribution in [-0.4, -0.2) is 46.8 Å². The molecule has 6 heteroatoms. The van der Waals surface area contributed by atoms with E-state index in [2.05, 4.69) is 0 Å². The smallest absolute Gasteiger partial charge is 0.354 e. The summed E-state index contributed by atoms with van der Waals surface area (Å²) < 4.78 is 6.57. The molecular weight excluding hydrogens is 344 g/mol. The molecule has 2 aliphatic carbocycles. The number of ether oxygens (including phenoxy) is 1. The molecule has 0 aliphatic heterocycles. The molecule has 2 aliphatic rings. The molecule has 0 radical (unpaired) electrons. The molecule has 0 bridgehead atoms. The molecule has 0 aromatic carbocycles. The Bertz CT molecular complexity index is 755. The summed E-state index contributed by atoms with van der Waals surface area (Å²) in [4.78, 5) is 40.0. The Morgan fingerprint density at radius 2 is 1.70 bits per heavy atom. The van der Waals surface area contributed by atoms with Crippen LogP contribution < -0.4 is 0 Å². The van der Waals surface area contributed by atoms with Crippen LogP contribution in [0.4, 0.5) is 0 Å². The van der Waals surface area contributed by atoms with Crippen molar-refractivity contribution in [2.45, 2.75) is 64.8 Å². The van der Waals surface area contributed by atoms with Gasteiger partial charge in [0.05, 0.1) is 13.7 Å². The average Bonchev–Trinajstić information content (AvgIpc) is 3.48. The number of esters is 1. The Morgan fingerprint density at radius 1 is 1.07 bits per heavy atom. The minimum atomic E-state index is -0.449. The van der Waals surface area contributed by atoms with Gasteiger partial charge >= 0.3 is 5.97 Å². The first-order chi connectivity index (χ1) is 12.9. The van der Waals surface area contributed by atoms with Gasteiger partial charge in [-0.1, -0.05) is 19.3 Å². The number of ketones is 1. The maximum Gasteiger partial charge on any atom is 0.354 e. The third-order valence-electron chi connectivity index (χ3n) is 6.13. The minimum Gasteiger partial charge on any atom is -0.464 e. The maximum absolute atomic E-state index is 13.2. The van der Waals surface area contributed by atoms with E-state index >= 15 is 0 Å².